The predicted octanol–water partition coefficient (Wildman–Crippen LogP) is 0.456. The van der Waals surface area contributed by atoms with Crippen LogP contribution < -0.4 is 17.0 Å². The molecule has 22 heavy (non-hydrogen) atoms. The minimum Gasteiger partial charge on any atom is -1.00 e. The molecule has 1 aliphatic heterocycles. The van der Waals surface area contributed by atoms with Crippen molar-refractivity contribution in [2.24, 2.45) is 0 Å². The Hall–Kier alpha value is -1.61. The van der Waals surface area contributed by atoms with Crippen molar-refractivity contribution in [3.05, 3.63) is 71.8 Å². The summed E-state index contributed by atoms with van der Waals surface area (Å²) in [5.41, 5.74) is 2.40. The van der Waals surface area contributed by atoms with Crippen LogP contribution in [0.15, 0.2) is 60.7 Å². The van der Waals surface area contributed by atoms with Crippen molar-refractivity contribution in [2.45, 2.75) is 24.9 Å². The lowest BCUT2D eigenvalue weighted by molar-refractivity contribution is -0.476. The monoisotopic (exact) mass is 359 g/mol. The van der Waals surface area contributed by atoms with Crippen LogP contribution in [-0.2, 0) is 10.2 Å². The summed E-state index contributed by atoms with van der Waals surface area (Å²) < 4.78 is 8.30. The van der Waals surface area contributed by atoms with E-state index in [2.05, 4.69) is 86.3 Å². The predicted molar refractivity (Wildman–Crippen MR) is 85.9 cm³/mol. The number of benzene rings is 2. The Balaban J connectivity index is 0.00000176. The molecule has 0 saturated carbocycles. The summed E-state index contributed by atoms with van der Waals surface area (Å²) in [4.78, 5) is 0. The van der Waals surface area contributed by atoms with Crippen LogP contribution in [0.2, 0.25) is 0 Å². The fourth-order valence-corrected chi connectivity index (χ4v) is 3.43. The zero-order valence-corrected chi connectivity index (χ0v) is 14.9. The maximum atomic E-state index is 6.19. The van der Waals surface area contributed by atoms with Gasteiger partial charge in [-0.15, -0.1) is 0 Å². The van der Waals surface area contributed by atoms with Gasteiger partial charge in [0.25, 0.3) is 0 Å². The third kappa shape index (κ3) is 2.70. The second-order valence-corrected chi connectivity index (χ2v) is 5.97. The molecule has 1 saturated heterocycles. The van der Waals surface area contributed by atoms with E-state index in [0.717, 1.165) is 12.3 Å². The average Bonchev–Trinajstić information content (AvgIpc) is 2.88. The molecule has 2 aromatic rings. The van der Waals surface area contributed by atoms with Gasteiger partial charge in [-0.05, 0) is 18.1 Å². The summed E-state index contributed by atoms with van der Waals surface area (Å²) in [7, 11) is 4.13. The molecule has 1 aliphatic rings. The van der Waals surface area contributed by atoms with Gasteiger partial charge in [-0.3, -0.25) is 0 Å². The molecule has 0 amide bonds. The third-order valence-electron chi connectivity index (χ3n) is 4.21. The summed E-state index contributed by atoms with van der Waals surface area (Å²) in [6.45, 7) is 2.15. The topological polar surface area (TPSA) is 12.2 Å². The van der Waals surface area contributed by atoms with Crippen LogP contribution in [0, 0.1) is 0 Å². The molecule has 0 bridgehead atoms. The minimum absolute atomic E-state index is 0. The van der Waals surface area contributed by atoms with E-state index in [9.17, 15) is 0 Å². The van der Waals surface area contributed by atoms with Crippen molar-refractivity contribution in [2.75, 3.05) is 14.1 Å². The van der Waals surface area contributed by atoms with Gasteiger partial charge in [0.2, 0.25) is 0 Å². The number of ether oxygens (including phenoxy) is 1. The molecule has 0 aromatic heterocycles. The van der Waals surface area contributed by atoms with E-state index in [1.54, 1.807) is 0 Å². The van der Waals surface area contributed by atoms with Gasteiger partial charge in [-0.1, -0.05) is 60.7 Å². The van der Waals surface area contributed by atoms with Crippen LogP contribution in [0.1, 0.15) is 24.5 Å². The first-order valence-corrected chi connectivity index (χ1v) is 7.47. The second kappa shape index (κ2) is 6.66. The minimum atomic E-state index is -0.189. The zero-order chi connectivity index (χ0) is 14.9. The number of nitrogens with zero attached hydrogens (tertiary/aromatic N) is 1. The van der Waals surface area contributed by atoms with Gasteiger partial charge in [0.1, 0.15) is 25.6 Å². The lowest BCUT2D eigenvalue weighted by Crippen LogP contribution is -3.00. The van der Waals surface area contributed by atoms with Crippen LogP contribution in [0.5, 0.6) is 0 Å². The molecule has 0 N–H and O–H groups in total. The van der Waals surface area contributed by atoms with Crippen LogP contribution in [0.3, 0.4) is 0 Å². The number of hydrogen-bond acceptors (Lipinski definition) is 1. The van der Waals surface area contributed by atoms with Crippen molar-refractivity contribution in [1.82, 2.24) is 0 Å². The van der Waals surface area contributed by atoms with Crippen molar-refractivity contribution < 1.29 is 26.3 Å². The van der Waals surface area contributed by atoms with Crippen LogP contribution in [0.4, 0.5) is 0 Å². The summed E-state index contributed by atoms with van der Waals surface area (Å²) >= 11 is 0. The number of halogens is 1. The summed E-state index contributed by atoms with van der Waals surface area (Å²) in [6.07, 6.45) is 1.18. The lowest BCUT2D eigenvalue weighted by atomic mass is 9.72. The van der Waals surface area contributed by atoms with E-state index in [1.807, 2.05) is 0 Å². The smallest absolute Gasteiger partial charge is 0.351 e. The summed E-state index contributed by atoms with van der Waals surface area (Å²) in [5, 5.41) is 0. The molecule has 1 unspecified atom stereocenters. The summed E-state index contributed by atoms with van der Waals surface area (Å²) in [6, 6.07) is 21.4. The highest BCUT2D eigenvalue weighted by Crippen LogP contribution is 2.43. The molecule has 2 nitrogen and oxygen atoms in total. The highest BCUT2D eigenvalue weighted by molar-refractivity contribution is 5.90. The molecular weight excluding hydrogens is 338 g/mol. The van der Waals surface area contributed by atoms with Gasteiger partial charge in [-0.25, -0.2) is 4.58 Å². The van der Waals surface area contributed by atoms with E-state index < -0.39 is 0 Å². The van der Waals surface area contributed by atoms with Crippen molar-refractivity contribution in [1.29, 1.82) is 0 Å². The molecule has 1 fully saturated rings. The van der Waals surface area contributed by atoms with Gasteiger partial charge < -0.3 is 21.7 Å². The maximum absolute atomic E-state index is 6.19. The molecule has 2 aromatic carbocycles. The van der Waals surface area contributed by atoms with Crippen molar-refractivity contribution in [3.8, 4) is 0 Å². The largest absolute Gasteiger partial charge is 1.00 e. The molecular formula is C19H22BrNO. The summed E-state index contributed by atoms with van der Waals surface area (Å²) in [5.74, 6) is 1.03. The lowest BCUT2D eigenvalue weighted by Gasteiger charge is -2.26. The third-order valence-corrected chi connectivity index (χ3v) is 4.21. The SMILES string of the molecule is CC1CC(c2ccccc2)(c2ccccc2)C(=[N+](C)C)O1.[Br-]. The first-order valence-electron chi connectivity index (χ1n) is 7.47. The van der Waals surface area contributed by atoms with E-state index in [1.165, 1.54) is 11.1 Å². The fraction of sp³-hybridized carbons (Fsp3) is 0.316. The Morgan fingerprint density at radius 3 is 1.77 bits per heavy atom. The van der Waals surface area contributed by atoms with Gasteiger partial charge in [0.05, 0.1) is 0 Å². The highest BCUT2D eigenvalue weighted by Gasteiger charge is 2.53. The maximum Gasteiger partial charge on any atom is 0.351 e. The van der Waals surface area contributed by atoms with Gasteiger partial charge >= 0.3 is 5.90 Å². The molecule has 3 rings (SSSR count). The van der Waals surface area contributed by atoms with E-state index in [0.29, 0.717) is 0 Å². The number of hydrogen-bond donors (Lipinski definition) is 0. The molecule has 116 valence electrons. The fourth-order valence-electron chi connectivity index (χ4n) is 3.43. The van der Waals surface area contributed by atoms with E-state index in [4.69, 9.17) is 4.74 Å². The van der Waals surface area contributed by atoms with Crippen LogP contribution in [-0.4, -0.2) is 30.7 Å². The first-order chi connectivity index (χ1) is 10.1. The van der Waals surface area contributed by atoms with Crippen LogP contribution in [0.25, 0.3) is 0 Å². The Kier molecular flexibility index (Phi) is 5.07. The van der Waals surface area contributed by atoms with Gasteiger partial charge in [-0.2, -0.15) is 0 Å². The Labute approximate surface area is 143 Å². The van der Waals surface area contributed by atoms with Crippen LogP contribution >= 0.6 is 0 Å². The van der Waals surface area contributed by atoms with Crippen molar-refractivity contribution in [3.63, 3.8) is 0 Å². The highest BCUT2D eigenvalue weighted by atomic mass is 79.9. The quantitative estimate of drug-likeness (QED) is 0.709. The molecule has 0 aliphatic carbocycles. The normalized spacial score (nSPS) is 19.2. The van der Waals surface area contributed by atoms with Gasteiger partial charge in [0, 0.05) is 6.42 Å². The molecule has 3 heteroatoms. The standard InChI is InChI=1S/C19H22NO.BrH/c1-15-14-19(18(21-15)20(2)3,16-10-6-4-7-11-16)17-12-8-5-9-13-17;/h4-13,15H,14H2,1-3H3;1H/q+1;/p-1. The second-order valence-electron chi connectivity index (χ2n) is 5.97. The Bertz CT molecular complexity index is 608. The van der Waals surface area contributed by atoms with Crippen molar-refractivity contribution >= 4 is 5.90 Å². The number of rotatable bonds is 2. The van der Waals surface area contributed by atoms with E-state index >= 15 is 0 Å². The van der Waals surface area contributed by atoms with Gasteiger partial charge in [0.15, 0.2) is 0 Å². The molecule has 0 spiro atoms. The Morgan fingerprint density at radius 1 is 0.909 bits per heavy atom. The van der Waals surface area contributed by atoms with E-state index in [-0.39, 0.29) is 28.5 Å². The average molecular weight is 360 g/mol. The first kappa shape index (κ1) is 16.8. The molecule has 0 radical (unpaired) electrons. The molecule has 1 heterocycles. The Morgan fingerprint density at radius 2 is 1.36 bits per heavy atom. The zero-order valence-electron chi connectivity index (χ0n) is 13.3. The molecule has 1 atom stereocenters.